The summed E-state index contributed by atoms with van der Waals surface area (Å²) in [7, 11) is 0. The average Bonchev–Trinajstić information content (AvgIpc) is 2.83. The lowest BCUT2D eigenvalue weighted by Gasteiger charge is -2.15. The van der Waals surface area contributed by atoms with E-state index in [-0.39, 0.29) is 0 Å². The molecular formula is C14H21NO2. The number of rotatable bonds is 5. The molecule has 1 fully saturated rings. The summed E-state index contributed by atoms with van der Waals surface area (Å²) in [5, 5.41) is 9.39. The summed E-state index contributed by atoms with van der Waals surface area (Å²) in [5.74, 6) is 0.883. The minimum Gasteiger partial charge on any atom is -0.492 e. The van der Waals surface area contributed by atoms with Crippen molar-refractivity contribution in [2.24, 2.45) is 0 Å². The molecule has 17 heavy (non-hydrogen) atoms. The van der Waals surface area contributed by atoms with Crippen LogP contribution < -0.4 is 4.74 Å². The Morgan fingerprint density at radius 1 is 1.24 bits per heavy atom. The van der Waals surface area contributed by atoms with Crippen molar-refractivity contribution in [3.05, 3.63) is 29.8 Å². The number of aliphatic hydroxyl groups is 1. The van der Waals surface area contributed by atoms with E-state index in [1.54, 1.807) is 6.92 Å². The van der Waals surface area contributed by atoms with Gasteiger partial charge in [-0.25, -0.2) is 0 Å². The predicted octanol–water partition coefficient (Wildman–Crippen LogP) is 2.21. The van der Waals surface area contributed by atoms with Crippen LogP contribution in [0, 0.1) is 0 Å². The molecule has 1 heterocycles. The monoisotopic (exact) mass is 235 g/mol. The Labute approximate surface area is 103 Å². The number of nitrogens with zero attached hydrogens (tertiary/aromatic N) is 1. The van der Waals surface area contributed by atoms with Crippen LogP contribution in [-0.4, -0.2) is 36.2 Å². The van der Waals surface area contributed by atoms with Crippen molar-refractivity contribution in [3.8, 4) is 5.75 Å². The standard InChI is InChI=1S/C14H21NO2/c1-12(16)13-4-6-14(7-5-13)17-11-10-15-8-2-3-9-15/h4-7,12,16H,2-3,8-11H2,1H3/t12-/m1/s1. The zero-order chi connectivity index (χ0) is 12.1. The Morgan fingerprint density at radius 3 is 2.47 bits per heavy atom. The van der Waals surface area contributed by atoms with Gasteiger partial charge in [0.2, 0.25) is 0 Å². The highest BCUT2D eigenvalue weighted by atomic mass is 16.5. The Morgan fingerprint density at radius 2 is 1.88 bits per heavy atom. The summed E-state index contributed by atoms with van der Waals surface area (Å²) in [6.07, 6.45) is 2.24. The lowest BCUT2D eigenvalue weighted by molar-refractivity contribution is 0.199. The van der Waals surface area contributed by atoms with Crippen molar-refractivity contribution in [3.63, 3.8) is 0 Å². The van der Waals surface area contributed by atoms with Gasteiger partial charge in [-0.2, -0.15) is 0 Å². The lowest BCUT2D eigenvalue weighted by Crippen LogP contribution is -2.25. The van der Waals surface area contributed by atoms with Gasteiger partial charge in [0, 0.05) is 6.54 Å². The first-order chi connectivity index (χ1) is 8.25. The molecule has 94 valence electrons. The van der Waals surface area contributed by atoms with Gasteiger partial charge in [0.25, 0.3) is 0 Å². The molecule has 1 saturated heterocycles. The molecule has 3 heteroatoms. The quantitative estimate of drug-likeness (QED) is 0.849. The third-order valence-electron chi connectivity index (χ3n) is 3.24. The van der Waals surface area contributed by atoms with Crippen LogP contribution >= 0.6 is 0 Å². The Hall–Kier alpha value is -1.06. The molecule has 0 aromatic heterocycles. The Kier molecular flexibility index (Phi) is 4.40. The number of hydrogen-bond acceptors (Lipinski definition) is 3. The largest absolute Gasteiger partial charge is 0.492 e. The van der Waals surface area contributed by atoms with Gasteiger partial charge < -0.3 is 9.84 Å². The van der Waals surface area contributed by atoms with Gasteiger partial charge in [-0.05, 0) is 50.6 Å². The van der Waals surface area contributed by atoms with Gasteiger partial charge in [-0.15, -0.1) is 0 Å². The molecule has 1 N–H and O–H groups in total. The number of aliphatic hydroxyl groups excluding tert-OH is 1. The van der Waals surface area contributed by atoms with Crippen LogP contribution in [0.2, 0.25) is 0 Å². The van der Waals surface area contributed by atoms with E-state index >= 15 is 0 Å². The minimum absolute atomic E-state index is 0.409. The first-order valence-corrected chi connectivity index (χ1v) is 6.39. The molecule has 3 nitrogen and oxygen atoms in total. The fourth-order valence-electron chi connectivity index (χ4n) is 2.14. The zero-order valence-electron chi connectivity index (χ0n) is 10.4. The number of ether oxygens (including phenoxy) is 1. The summed E-state index contributed by atoms with van der Waals surface area (Å²) >= 11 is 0. The number of likely N-dealkylation sites (tertiary alicyclic amines) is 1. The van der Waals surface area contributed by atoms with E-state index in [0.717, 1.165) is 24.5 Å². The van der Waals surface area contributed by atoms with Gasteiger partial charge in [0.1, 0.15) is 12.4 Å². The van der Waals surface area contributed by atoms with Crippen LogP contribution in [0.4, 0.5) is 0 Å². The third kappa shape index (κ3) is 3.72. The zero-order valence-corrected chi connectivity index (χ0v) is 10.4. The molecule has 1 atom stereocenters. The summed E-state index contributed by atoms with van der Waals surface area (Å²) < 4.78 is 5.68. The number of benzene rings is 1. The van der Waals surface area contributed by atoms with Crippen molar-refractivity contribution in [1.82, 2.24) is 4.90 Å². The summed E-state index contributed by atoms with van der Waals surface area (Å²) in [4.78, 5) is 2.43. The van der Waals surface area contributed by atoms with E-state index in [2.05, 4.69) is 4.90 Å². The van der Waals surface area contributed by atoms with Crippen molar-refractivity contribution in [2.75, 3.05) is 26.2 Å². The van der Waals surface area contributed by atoms with E-state index in [4.69, 9.17) is 4.74 Å². The van der Waals surface area contributed by atoms with Crippen molar-refractivity contribution < 1.29 is 9.84 Å². The van der Waals surface area contributed by atoms with Crippen LogP contribution in [0.1, 0.15) is 31.4 Å². The molecule has 0 aliphatic carbocycles. The van der Waals surface area contributed by atoms with E-state index in [9.17, 15) is 5.11 Å². The number of hydrogen-bond donors (Lipinski definition) is 1. The summed E-state index contributed by atoms with van der Waals surface area (Å²) in [6, 6.07) is 7.67. The molecule has 1 aromatic rings. The molecule has 0 amide bonds. The molecule has 1 aliphatic rings. The molecular weight excluding hydrogens is 214 g/mol. The van der Waals surface area contributed by atoms with Crippen LogP contribution in [0.5, 0.6) is 5.75 Å². The van der Waals surface area contributed by atoms with Crippen LogP contribution in [0.15, 0.2) is 24.3 Å². The maximum Gasteiger partial charge on any atom is 0.119 e. The van der Waals surface area contributed by atoms with E-state index < -0.39 is 6.10 Å². The van der Waals surface area contributed by atoms with Gasteiger partial charge >= 0.3 is 0 Å². The summed E-state index contributed by atoms with van der Waals surface area (Å²) in [5.41, 5.74) is 0.928. The molecule has 0 radical (unpaired) electrons. The Bertz CT molecular complexity index is 329. The van der Waals surface area contributed by atoms with Crippen LogP contribution in [0.3, 0.4) is 0 Å². The van der Waals surface area contributed by atoms with Crippen LogP contribution in [-0.2, 0) is 0 Å². The molecule has 0 spiro atoms. The topological polar surface area (TPSA) is 32.7 Å². The van der Waals surface area contributed by atoms with E-state index in [1.165, 1.54) is 25.9 Å². The predicted molar refractivity (Wildman–Crippen MR) is 68.2 cm³/mol. The second kappa shape index (κ2) is 6.03. The van der Waals surface area contributed by atoms with Gasteiger partial charge in [-0.3, -0.25) is 4.90 Å². The van der Waals surface area contributed by atoms with E-state index in [0.29, 0.717) is 0 Å². The smallest absolute Gasteiger partial charge is 0.119 e. The molecule has 0 saturated carbocycles. The fourth-order valence-corrected chi connectivity index (χ4v) is 2.14. The van der Waals surface area contributed by atoms with Gasteiger partial charge in [-0.1, -0.05) is 12.1 Å². The average molecular weight is 235 g/mol. The van der Waals surface area contributed by atoms with Crippen molar-refractivity contribution >= 4 is 0 Å². The third-order valence-corrected chi connectivity index (χ3v) is 3.24. The summed E-state index contributed by atoms with van der Waals surface area (Å²) in [6.45, 7) is 5.95. The second-order valence-corrected chi connectivity index (χ2v) is 4.64. The van der Waals surface area contributed by atoms with Gasteiger partial charge in [0.05, 0.1) is 6.10 Å². The molecule has 0 bridgehead atoms. The molecule has 1 aromatic carbocycles. The highest BCUT2D eigenvalue weighted by molar-refractivity contribution is 5.28. The molecule has 2 rings (SSSR count). The lowest BCUT2D eigenvalue weighted by atomic mass is 10.1. The van der Waals surface area contributed by atoms with Crippen molar-refractivity contribution in [1.29, 1.82) is 0 Å². The SMILES string of the molecule is C[C@@H](O)c1ccc(OCCN2CCCC2)cc1. The normalized spacial score (nSPS) is 18.2. The molecule has 1 aliphatic heterocycles. The maximum atomic E-state index is 9.39. The van der Waals surface area contributed by atoms with Gasteiger partial charge in [0.15, 0.2) is 0 Å². The highest BCUT2D eigenvalue weighted by Gasteiger charge is 2.10. The van der Waals surface area contributed by atoms with Crippen molar-refractivity contribution in [2.45, 2.75) is 25.9 Å². The highest BCUT2D eigenvalue weighted by Crippen LogP contribution is 2.17. The van der Waals surface area contributed by atoms with Crippen LogP contribution in [0.25, 0.3) is 0 Å². The minimum atomic E-state index is -0.409. The second-order valence-electron chi connectivity index (χ2n) is 4.64. The first kappa shape index (κ1) is 12.4. The first-order valence-electron chi connectivity index (χ1n) is 6.39. The fraction of sp³-hybridized carbons (Fsp3) is 0.571. The molecule has 0 unspecified atom stereocenters. The Balaban J connectivity index is 1.74. The maximum absolute atomic E-state index is 9.39. The van der Waals surface area contributed by atoms with E-state index in [1.807, 2.05) is 24.3 Å².